The Balaban J connectivity index is 1.14. The Hall–Kier alpha value is -4.44. The first-order valence-electron chi connectivity index (χ1n) is 19.3. The van der Waals surface area contributed by atoms with Gasteiger partial charge in [0, 0.05) is 68.9 Å². The fourth-order valence-electron chi connectivity index (χ4n) is 13.0. The van der Waals surface area contributed by atoms with Gasteiger partial charge in [-0.15, -0.1) is 0 Å². The molecule has 1 fully saturated rings. The van der Waals surface area contributed by atoms with Crippen LogP contribution in [0.1, 0.15) is 120 Å². The van der Waals surface area contributed by atoms with Crippen LogP contribution in [0.25, 0.3) is 44.4 Å². The fourth-order valence-corrected chi connectivity index (χ4v) is 13.0. The zero-order valence-electron chi connectivity index (χ0n) is 27.6. The molecule has 9 unspecified atom stereocenters. The minimum absolute atomic E-state index is 0.355. The molecule has 5 heterocycles. The molecule has 2 aliphatic heterocycles. The predicted octanol–water partition coefficient (Wildman–Crippen LogP) is 10.4. The lowest BCUT2D eigenvalue weighted by Crippen LogP contribution is -2.40. The molecular weight excluding hydrogens is 597 g/mol. The van der Waals surface area contributed by atoms with Crippen molar-refractivity contribution in [1.82, 2.24) is 19.9 Å². The van der Waals surface area contributed by atoms with Crippen LogP contribution in [0.4, 0.5) is 0 Å². The number of fused-ring (bicyclic) bond motifs is 16. The van der Waals surface area contributed by atoms with E-state index in [0.717, 1.165) is 0 Å². The van der Waals surface area contributed by atoms with Crippen molar-refractivity contribution in [1.29, 1.82) is 0 Å². The quantitative estimate of drug-likeness (QED) is 0.242. The van der Waals surface area contributed by atoms with Gasteiger partial charge in [-0.05, 0) is 126 Å². The molecule has 0 aromatic carbocycles. The van der Waals surface area contributed by atoms with Crippen molar-refractivity contribution < 1.29 is 0 Å². The largest absolute Gasteiger partial charge is 0.355 e. The van der Waals surface area contributed by atoms with Crippen molar-refractivity contribution >= 4 is 44.4 Å². The van der Waals surface area contributed by atoms with E-state index < -0.39 is 0 Å². The van der Waals surface area contributed by atoms with Gasteiger partial charge in [-0.25, -0.2) is 9.97 Å². The molecule has 14 bridgehead atoms. The average Bonchev–Trinajstić information content (AvgIpc) is 3.89. The number of allylic oxidation sites excluding steroid dienone is 12. The van der Waals surface area contributed by atoms with Gasteiger partial charge in [-0.1, -0.05) is 48.6 Å². The molecule has 3 aromatic rings. The minimum Gasteiger partial charge on any atom is -0.355 e. The first-order valence-corrected chi connectivity index (χ1v) is 19.3. The summed E-state index contributed by atoms with van der Waals surface area (Å²) in [7, 11) is 0. The van der Waals surface area contributed by atoms with Crippen molar-refractivity contribution in [2.45, 2.75) is 75.0 Å². The molecular formula is C45H38N4. The Bertz CT molecular complexity index is 2520. The van der Waals surface area contributed by atoms with Crippen LogP contribution in [0.5, 0.6) is 0 Å². The van der Waals surface area contributed by atoms with E-state index in [1.165, 1.54) is 130 Å². The van der Waals surface area contributed by atoms with Gasteiger partial charge in [0.15, 0.2) is 0 Å². The summed E-state index contributed by atoms with van der Waals surface area (Å²) in [6.45, 7) is 0. The van der Waals surface area contributed by atoms with Crippen LogP contribution in [-0.2, 0) is 0 Å². The Morgan fingerprint density at radius 1 is 0.449 bits per heavy atom. The number of H-pyrrole nitrogens is 2. The molecule has 0 radical (unpaired) electrons. The van der Waals surface area contributed by atoms with Gasteiger partial charge >= 0.3 is 0 Å². The van der Waals surface area contributed by atoms with E-state index in [1.54, 1.807) is 11.1 Å². The number of rotatable bonds is 0. The molecule has 3 aromatic heterocycles. The van der Waals surface area contributed by atoms with E-state index in [9.17, 15) is 0 Å². The van der Waals surface area contributed by atoms with Crippen molar-refractivity contribution in [3.8, 4) is 0 Å². The van der Waals surface area contributed by atoms with Crippen molar-refractivity contribution in [3.05, 3.63) is 118 Å². The zero-order valence-corrected chi connectivity index (χ0v) is 27.6. The van der Waals surface area contributed by atoms with Crippen LogP contribution in [0.3, 0.4) is 0 Å². The summed E-state index contributed by atoms with van der Waals surface area (Å²) in [5.74, 6) is 3.95. The molecule has 14 aliphatic rings. The minimum atomic E-state index is 0.355. The highest BCUT2D eigenvalue weighted by molar-refractivity contribution is 6.01. The molecule has 1 saturated carbocycles. The first-order chi connectivity index (χ1) is 24.2. The van der Waals surface area contributed by atoms with Crippen molar-refractivity contribution in [3.63, 3.8) is 0 Å². The van der Waals surface area contributed by atoms with Gasteiger partial charge < -0.3 is 9.97 Å². The smallest absolute Gasteiger partial charge is 0.0700 e. The maximum Gasteiger partial charge on any atom is 0.0700 e. The van der Waals surface area contributed by atoms with E-state index in [0.29, 0.717) is 52.8 Å². The normalized spacial score (nSPS) is 36.7. The van der Waals surface area contributed by atoms with Gasteiger partial charge in [0.25, 0.3) is 0 Å². The summed E-state index contributed by atoms with van der Waals surface area (Å²) in [4.78, 5) is 19.3. The summed E-state index contributed by atoms with van der Waals surface area (Å²) in [6, 6.07) is 9.85. The average molecular weight is 635 g/mol. The molecule has 0 saturated heterocycles. The lowest BCUT2D eigenvalue weighted by atomic mass is 9.52. The Labute approximate surface area is 285 Å². The van der Waals surface area contributed by atoms with Crippen LogP contribution in [0, 0.1) is 29.1 Å². The number of aromatic amines is 2. The maximum absolute atomic E-state index is 5.60. The Morgan fingerprint density at radius 3 is 1.35 bits per heavy atom. The van der Waals surface area contributed by atoms with Crippen LogP contribution in [-0.4, -0.2) is 19.9 Å². The highest BCUT2D eigenvalue weighted by atomic mass is 14.8. The second-order valence-corrected chi connectivity index (χ2v) is 17.1. The number of nitrogens with zero attached hydrogens (tertiary/aromatic N) is 2. The van der Waals surface area contributed by atoms with Gasteiger partial charge in [0.1, 0.15) is 0 Å². The molecule has 0 amide bonds. The Kier molecular flexibility index (Phi) is 4.32. The number of aromatic nitrogens is 4. The zero-order chi connectivity index (χ0) is 31.3. The molecule has 4 nitrogen and oxygen atoms in total. The first kappa shape index (κ1) is 25.5. The standard InChI is InChI=1S/C45H38N4/c1-2-22-4-3-21(1)37-29-17-31-39-23-5-9-25(10-6-23)41(39)33(47-31)19-35-43-27-13-15-45(27)16-14-28(45)44(43)36(49-35)20-34-42-26-11-7-24(8-12-26)40(42)32(48-34)18-30(46-29)38(22)37/h1-2,5,7,9,11,13,15,17-28,48-49H,3-4,6,8,10,12,14,16H2. The summed E-state index contributed by atoms with van der Waals surface area (Å²) in [5, 5.41) is 0. The third-order valence-electron chi connectivity index (χ3n) is 15.2. The van der Waals surface area contributed by atoms with E-state index in [2.05, 4.69) is 82.8 Å². The van der Waals surface area contributed by atoms with Crippen molar-refractivity contribution in [2.75, 3.05) is 0 Å². The van der Waals surface area contributed by atoms with Crippen LogP contribution < -0.4 is 0 Å². The molecule has 2 N–H and O–H groups in total. The third-order valence-corrected chi connectivity index (χ3v) is 15.2. The molecule has 17 rings (SSSR count). The van der Waals surface area contributed by atoms with Crippen LogP contribution in [0.15, 0.2) is 72.9 Å². The highest BCUT2D eigenvalue weighted by Crippen LogP contribution is 2.73. The summed E-state index contributed by atoms with van der Waals surface area (Å²) < 4.78 is 0. The lowest BCUT2D eigenvalue weighted by Gasteiger charge is -2.51. The number of hydrogen-bond acceptors (Lipinski definition) is 2. The lowest BCUT2D eigenvalue weighted by molar-refractivity contribution is 0.133. The second kappa shape index (κ2) is 8.29. The number of hydrogen-bond donors (Lipinski definition) is 2. The summed E-state index contributed by atoms with van der Waals surface area (Å²) in [6.07, 6.45) is 30.0. The van der Waals surface area contributed by atoms with Gasteiger partial charge in [-0.3, -0.25) is 0 Å². The number of nitrogens with one attached hydrogen (secondary N) is 2. The monoisotopic (exact) mass is 634 g/mol. The molecule has 9 atom stereocenters. The highest BCUT2D eigenvalue weighted by Gasteiger charge is 2.61. The van der Waals surface area contributed by atoms with E-state index >= 15 is 0 Å². The van der Waals surface area contributed by atoms with E-state index in [1.807, 2.05) is 0 Å². The molecule has 4 heteroatoms. The summed E-state index contributed by atoms with van der Waals surface area (Å²) >= 11 is 0. The van der Waals surface area contributed by atoms with Gasteiger partial charge in [0.2, 0.25) is 0 Å². The Morgan fingerprint density at radius 2 is 0.898 bits per heavy atom. The van der Waals surface area contributed by atoms with E-state index in [4.69, 9.17) is 9.97 Å². The van der Waals surface area contributed by atoms with E-state index in [-0.39, 0.29) is 0 Å². The van der Waals surface area contributed by atoms with Gasteiger partial charge in [0.05, 0.1) is 22.8 Å². The molecule has 12 aliphatic carbocycles. The summed E-state index contributed by atoms with van der Waals surface area (Å²) in [5.41, 5.74) is 22.4. The topological polar surface area (TPSA) is 57.4 Å². The molecule has 1 spiro atoms. The van der Waals surface area contributed by atoms with Crippen LogP contribution in [0.2, 0.25) is 0 Å². The van der Waals surface area contributed by atoms with Gasteiger partial charge in [-0.2, -0.15) is 0 Å². The molecule has 49 heavy (non-hydrogen) atoms. The second-order valence-electron chi connectivity index (χ2n) is 17.1. The fraction of sp³-hybridized carbons (Fsp3) is 0.378. The SMILES string of the molecule is C1=CC2CCC1C1=C2c2cc3[nH]c(cc4[nH]c(cc5nc(cc1n2)C1=C5C2C=CC1CC2)c1c4C2CCC24C=CC14)c1c3C2C=CC1CC2. The van der Waals surface area contributed by atoms with Crippen LogP contribution >= 0.6 is 0 Å². The van der Waals surface area contributed by atoms with Crippen molar-refractivity contribution in [2.24, 2.45) is 29.1 Å². The maximum atomic E-state index is 5.60. The third kappa shape index (κ3) is 2.88. The predicted molar refractivity (Wildman–Crippen MR) is 195 cm³/mol. The molecule has 238 valence electrons.